The molecule has 0 aliphatic rings. The van der Waals surface area contributed by atoms with Gasteiger partial charge in [0.2, 0.25) is 0 Å². The second kappa shape index (κ2) is 11.8. The number of nitrogens with one attached hydrogen (secondary N) is 1. The standard InChI is InChI=1S/C21H28ClNO3/c1-3-24-13-5-12-23-15-18-8-11-20(21(14-18)25-4-2)26-16-17-6-9-19(22)10-7-17/h6-11,14,23H,3-5,12-13,15-16H2,1-2H3. The maximum Gasteiger partial charge on any atom is 0.161 e. The predicted molar refractivity (Wildman–Crippen MR) is 106 cm³/mol. The highest BCUT2D eigenvalue weighted by Crippen LogP contribution is 2.29. The fourth-order valence-electron chi connectivity index (χ4n) is 2.47. The minimum absolute atomic E-state index is 0.478. The Balaban J connectivity index is 1.89. The summed E-state index contributed by atoms with van der Waals surface area (Å²) in [5.41, 5.74) is 2.24. The molecular formula is C21H28ClNO3. The van der Waals surface area contributed by atoms with Crippen molar-refractivity contribution in [1.82, 2.24) is 5.32 Å². The van der Waals surface area contributed by atoms with Crippen LogP contribution in [-0.4, -0.2) is 26.4 Å². The van der Waals surface area contributed by atoms with Crippen LogP contribution >= 0.6 is 11.6 Å². The topological polar surface area (TPSA) is 39.7 Å². The Morgan fingerprint density at radius 3 is 2.38 bits per heavy atom. The Hall–Kier alpha value is -1.75. The summed E-state index contributed by atoms with van der Waals surface area (Å²) in [7, 11) is 0. The Morgan fingerprint density at radius 2 is 1.65 bits per heavy atom. The maximum atomic E-state index is 5.94. The zero-order valence-corrected chi connectivity index (χ0v) is 16.3. The van der Waals surface area contributed by atoms with Gasteiger partial charge >= 0.3 is 0 Å². The van der Waals surface area contributed by atoms with Gasteiger partial charge in [0, 0.05) is 24.8 Å². The van der Waals surface area contributed by atoms with Gasteiger partial charge in [0.25, 0.3) is 0 Å². The van der Waals surface area contributed by atoms with E-state index in [0.29, 0.717) is 13.2 Å². The van der Waals surface area contributed by atoms with E-state index in [1.165, 1.54) is 5.56 Å². The van der Waals surface area contributed by atoms with E-state index >= 15 is 0 Å². The molecule has 26 heavy (non-hydrogen) atoms. The van der Waals surface area contributed by atoms with Crippen LogP contribution in [0.4, 0.5) is 0 Å². The first kappa shape index (κ1) is 20.6. The van der Waals surface area contributed by atoms with Gasteiger partial charge in [-0.25, -0.2) is 0 Å². The molecule has 1 N–H and O–H groups in total. The Kier molecular flexibility index (Phi) is 9.32. The molecule has 2 aromatic carbocycles. The second-order valence-electron chi connectivity index (χ2n) is 5.86. The van der Waals surface area contributed by atoms with Gasteiger partial charge in [-0.15, -0.1) is 0 Å². The van der Waals surface area contributed by atoms with Crippen molar-refractivity contribution < 1.29 is 14.2 Å². The fraction of sp³-hybridized carbons (Fsp3) is 0.429. The molecule has 142 valence electrons. The van der Waals surface area contributed by atoms with Crippen molar-refractivity contribution in [2.45, 2.75) is 33.4 Å². The minimum Gasteiger partial charge on any atom is -0.490 e. The molecule has 0 fully saturated rings. The lowest BCUT2D eigenvalue weighted by Crippen LogP contribution is -2.16. The van der Waals surface area contributed by atoms with Crippen LogP contribution < -0.4 is 14.8 Å². The summed E-state index contributed by atoms with van der Waals surface area (Å²) in [5, 5.41) is 4.15. The summed E-state index contributed by atoms with van der Waals surface area (Å²) in [5.74, 6) is 1.52. The molecule has 0 saturated carbocycles. The van der Waals surface area contributed by atoms with Gasteiger partial charge in [0.15, 0.2) is 11.5 Å². The average Bonchev–Trinajstić information content (AvgIpc) is 2.65. The van der Waals surface area contributed by atoms with Crippen molar-refractivity contribution >= 4 is 11.6 Å². The summed E-state index contributed by atoms with van der Waals surface area (Å²) in [6.07, 6.45) is 1.01. The van der Waals surface area contributed by atoms with Gasteiger partial charge in [-0.2, -0.15) is 0 Å². The summed E-state index contributed by atoms with van der Waals surface area (Å²) < 4.78 is 17.0. The lowest BCUT2D eigenvalue weighted by molar-refractivity contribution is 0.144. The monoisotopic (exact) mass is 377 g/mol. The zero-order chi connectivity index (χ0) is 18.6. The molecule has 0 radical (unpaired) electrons. The third-order valence-corrected chi connectivity index (χ3v) is 4.04. The van der Waals surface area contributed by atoms with Crippen LogP contribution in [0.5, 0.6) is 11.5 Å². The largest absolute Gasteiger partial charge is 0.490 e. The molecule has 5 heteroatoms. The number of ether oxygens (including phenoxy) is 3. The van der Waals surface area contributed by atoms with Crippen LogP contribution in [0.15, 0.2) is 42.5 Å². The van der Waals surface area contributed by atoms with E-state index in [4.69, 9.17) is 25.8 Å². The van der Waals surface area contributed by atoms with Crippen molar-refractivity contribution in [2.75, 3.05) is 26.4 Å². The molecule has 2 rings (SSSR count). The van der Waals surface area contributed by atoms with Crippen molar-refractivity contribution in [2.24, 2.45) is 0 Å². The molecule has 0 atom stereocenters. The fourth-order valence-corrected chi connectivity index (χ4v) is 2.59. The predicted octanol–water partition coefficient (Wildman–Crippen LogP) is 4.83. The Morgan fingerprint density at radius 1 is 0.885 bits per heavy atom. The first-order valence-electron chi connectivity index (χ1n) is 9.14. The quantitative estimate of drug-likeness (QED) is 0.537. The van der Waals surface area contributed by atoms with Gasteiger partial charge in [-0.1, -0.05) is 29.8 Å². The van der Waals surface area contributed by atoms with Gasteiger partial charge < -0.3 is 19.5 Å². The van der Waals surface area contributed by atoms with E-state index in [0.717, 1.165) is 54.8 Å². The van der Waals surface area contributed by atoms with Crippen LogP contribution in [-0.2, 0) is 17.9 Å². The SMILES string of the molecule is CCOCCCNCc1ccc(OCc2ccc(Cl)cc2)c(OCC)c1. The number of hydrogen-bond donors (Lipinski definition) is 1. The molecule has 0 spiro atoms. The summed E-state index contributed by atoms with van der Waals surface area (Å²) >= 11 is 5.92. The summed E-state index contributed by atoms with van der Waals surface area (Å²) in [4.78, 5) is 0. The second-order valence-corrected chi connectivity index (χ2v) is 6.29. The first-order valence-corrected chi connectivity index (χ1v) is 9.52. The van der Waals surface area contributed by atoms with Crippen molar-refractivity contribution in [1.29, 1.82) is 0 Å². The molecule has 0 heterocycles. The molecule has 0 amide bonds. The highest BCUT2D eigenvalue weighted by atomic mass is 35.5. The number of halogens is 1. The summed E-state index contributed by atoms with van der Waals surface area (Å²) in [6.45, 7) is 8.36. The third kappa shape index (κ3) is 7.24. The van der Waals surface area contributed by atoms with Crippen LogP contribution in [0.3, 0.4) is 0 Å². The van der Waals surface area contributed by atoms with Gasteiger partial charge in [-0.3, -0.25) is 0 Å². The zero-order valence-electron chi connectivity index (χ0n) is 15.6. The summed E-state index contributed by atoms with van der Waals surface area (Å²) in [6, 6.07) is 13.7. The smallest absolute Gasteiger partial charge is 0.161 e. The van der Waals surface area contributed by atoms with E-state index in [1.807, 2.05) is 50.2 Å². The first-order chi connectivity index (χ1) is 12.7. The molecule has 4 nitrogen and oxygen atoms in total. The molecule has 0 unspecified atom stereocenters. The molecule has 0 bridgehead atoms. The van der Waals surface area contributed by atoms with Crippen molar-refractivity contribution in [3.63, 3.8) is 0 Å². The van der Waals surface area contributed by atoms with E-state index < -0.39 is 0 Å². The molecule has 0 aromatic heterocycles. The van der Waals surface area contributed by atoms with Crippen LogP contribution in [0, 0.1) is 0 Å². The van der Waals surface area contributed by atoms with Crippen LogP contribution in [0.2, 0.25) is 5.02 Å². The third-order valence-electron chi connectivity index (χ3n) is 3.79. The van der Waals surface area contributed by atoms with Gasteiger partial charge in [0.1, 0.15) is 6.61 Å². The lowest BCUT2D eigenvalue weighted by atomic mass is 10.2. The number of benzene rings is 2. The molecule has 0 aliphatic heterocycles. The highest BCUT2D eigenvalue weighted by molar-refractivity contribution is 6.30. The Bertz CT molecular complexity index is 646. The minimum atomic E-state index is 0.478. The van der Waals surface area contributed by atoms with Gasteiger partial charge in [0.05, 0.1) is 6.61 Å². The van der Waals surface area contributed by atoms with Crippen LogP contribution in [0.1, 0.15) is 31.4 Å². The molecule has 2 aromatic rings. The highest BCUT2D eigenvalue weighted by Gasteiger charge is 2.07. The normalized spacial score (nSPS) is 10.7. The van der Waals surface area contributed by atoms with E-state index in [9.17, 15) is 0 Å². The number of hydrogen-bond acceptors (Lipinski definition) is 4. The molecule has 0 aliphatic carbocycles. The van der Waals surface area contributed by atoms with E-state index in [2.05, 4.69) is 11.4 Å². The van der Waals surface area contributed by atoms with Crippen molar-refractivity contribution in [3.05, 3.63) is 58.6 Å². The lowest BCUT2D eigenvalue weighted by Gasteiger charge is -2.14. The molecule has 0 saturated heterocycles. The van der Waals surface area contributed by atoms with E-state index in [-0.39, 0.29) is 0 Å². The Labute approximate surface area is 161 Å². The molecular weight excluding hydrogens is 350 g/mol. The van der Waals surface area contributed by atoms with Gasteiger partial charge in [-0.05, 0) is 62.2 Å². The van der Waals surface area contributed by atoms with E-state index in [1.54, 1.807) is 0 Å². The number of rotatable bonds is 12. The average molecular weight is 378 g/mol. The van der Waals surface area contributed by atoms with Crippen molar-refractivity contribution in [3.8, 4) is 11.5 Å². The maximum absolute atomic E-state index is 5.94. The van der Waals surface area contributed by atoms with Crippen LogP contribution in [0.25, 0.3) is 0 Å².